The molecule has 3 heterocycles. The number of rotatable bonds is 6. The minimum Gasteiger partial charge on any atom is -0.411 e. The molecule has 0 radical (unpaired) electrons. The van der Waals surface area contributed by atoms with Crippen LogP contribution in [0.2, 0.25) is 0 Å². The van der Waals surface area contributed by atoms with Crippen LogP contribution in [-0.2, 0) is 12.8 Å². The number of oxazole rings is 1. The summed E-state index contributed by atoms with van der Waals surface area (Å²) in [4.78, 5) is 27.7. The molecule has 184 valence electrons. The van der Waals surface area contributed by atoms with Crippen molar-refractivity contribution >= 4 is 28.4 Å². The van der Waals surface area contributed by atoms with E-state index in [1.807, 2.05) is 18.5 Å². The van der Waals surface area contributed by atoms with Gasteiger partial charge < -0.3 is 19.8 Å². The third kappa shape index (κ3) is 4.55. The molecule has 0 amide bonds. The highest BCUT2D eigenvalue weighted by Gasteiger charge is 2.23. The molecule has 2 aliphatic rings. The molecule has 2 aromatic heterocycles. The second kappa shape index (κ2) is 9.46. The van der Waals surface area contributed by atoms with Crippen molar-refractivity contribution in [3.05, 3.63) is 82.1 Å². The van der Waals surface area contributed by atoms with E-state index in [1.165, 1.54) is 11.1 Å². The first-order chi connectivity index (χ1) is 17.6. The van der Waals surface area contributed by atoms with Crippen molar-refractivity contribution in [2.75, 3.05) is 42.9 Å². The molecule has 0 bridgehead atoms. The van der Waals surface area contributed by atoms with E-state index in [9.17, 15) is 10.0 Å². The number of hydrogen-bond donors (Lipinski definition) is 3. The van der Waals surface area contributed by atoms with Gasteiger partial charge in [0.05, 0.1) is 23.6 Å². The van der Waals surface area contributed by atoms with E-state index < -0.39 is 5.76 Å². The van der Waals surface area contributed by atoms with Crippen LogP contribution in [0.25, 0.3) is 11.1 Å². The van der Waals surface area contributed by atoms with Crippen LogP contribution in [-0.4, -0.2) is 69.5 Å². The quantitative estimate of drug-likeness (QED) is 0.216. The van der Waals surface area contributed by atoms with Crippen molar-refractivity contribution in [2.45, 2.75) is 18.9 Å². The van der Waals surface area contributed by atoms with Crippen LogP contribution in [0.15, 0.2) is 69.2 Å². The Morgan fingerprint density at radius 1 is 1.08 bits per heavy atom. The minimum absolute atomic E-state index is 0.327. The molecular formula is C26H27N7O3. The van der Waals surface area contributed by atoms with Gasteiger partial charge in [0.2, 0.25) is 5.95 Å². The number of anilines is 2. The average Bonchev–Trinajstić information content (AvgIpc) is 3.49. The molecule has 4 aromatic rings. The van der Waals surface area contributed by atoms with Gasteiger partial charge in [0.15, 0.2) is 5.58 Å². The number of oxime groups is 1. The second-order valence-electron chi connectivity index (χ2n) is 9.32. The van der Waals surface area contributed by atoms with Gasteiger partial charge in [-0.2, -0.15) is 0 Å². The van der Waals surface area contributed by atoms with Crippen molar-refractivity contribution in [2.24, 2.45) is 5.16 Å². The summed E-state index contributed by atoms with van der Waals surface area (Å²) in [6.45, 7) is 3.74. The molecule has 0 atom stereocenters. The minimum atomic E-state index is -0.502. The molecule has 6 rings (SSSR count). The summed E-state index contributed by atoms with van der Waals surface area (Å²) in [6.07, 6.45) is 5.76. The van der Waals surface area contributed by atoms with E-state index in [1.54, 1.807) is 12.1 Å². The highest BCUT2D eigenvalue weighted by Crippen LogP contribution is 2.24. The van der Waals surface area contributed by atoms with Crippen molar-refractivity contribution in [1.82, 2.24) is 19.9 Å². The fourth-order valence-corrected chi connectivity index (χ4v) is 5.08. The highest BCUT2D eigenvalue weighted by molar-refractivity contribution is 6.03. The summed E-state index contributed by atoms with van der Waals surface area (Å²) >= 11 is 0. The Balaban J connectivity index is 1.03. The Morgan fingerprint density at radius 2 is 1.81 bits per heavy atom. The number of aromatic nitrogens is 3. The number of H-pyrrole nitrogens is 1. The fraction of sp³-hybridized carbons (Fsp3) is 0.308. The lowest BCUT2D eigenvalue weighted by Crippen LogP contribution is -2.48. The Labute approximate surface area is 207 Å². The zero-order chi connectivity index (χ0) is 24.5. The molecule has 1 aliphatic carbocycles. The number of nitrogens with one attached hydrogen (secondary N) is 2. The Morgan fingerprint density at radius 3 is 2.50 bits per heavy atom. The number of fused-ring (bicyclic) bond motifs is 2. The summed E-state index contributed by atoms with van der Waals surface area (Å²) in [6, 6.07) is 14.2. The third-order valence-electron chi connectivity index (χ3n) is 7.01. The maximum atomic E-state index is 11.4. The molecule has 1 aliphatic heterocycles. The predicted octanol–water partition coefficient (Wildman–Crippen LogP) is 2.49. The van der Waals surface area contributed by atoms with E-state index in [0.29, 0.717) is 35.3 Å². The first-order valence-electron chi connectivity index (χ1n) is 12.1. The standard InChI is InChI=1S/C26H27N7O3/c34-26-30-22-6-5-19(13-24(22)36-26)23(31-35)16-32-7-9-33(10-8-32)21-14-27-25(28-15-21)29-20-11-17-3-1-2-4-18(17)12-20/h1-6,13-15,20,35H,7-12,16H2,(H,30,34)(H,27,28,29)/b31-23-. The molecule has 0 unspecified atom stereocenters. The van der Waals surface area contributed by atoms with Gasteiger partial charge in [0.1, 0.15) is 5.71 Å². The molecule has 36 heavy (non-hydrogen) atoms. The molecule has 0 spiro atoms. The number of piperazine rings is 1. The molecule has 2 aromatic carbocycles. The fourth-order valence-electron chi connectivity index (χ4n) is 5.08. The van der Waals surface area contributed by atoms with Crippen LogP contribution >= 0.6 is 0 Å². The molecular weight excluding hydrogens is 458 g/mol. The topological polar surface area (TPSA) is 123 Å². The first kappa shape index (κ1) is 22.3. The smallest absolute Gasteiger partial charge is 0.411 e. The highest BCUT2D eigenvalue weighted by atomic mass is 16.4. The summed E-state index contributed by atoms with van der Waals surface area (Å²) in [7, 11) is 0. The summed E-state index contributed by atoms with van der Waals surface area (Å²) < 4.78 is 5.13. The zero-order valence-corrected chi connectivity index (χ0v) is 19.7. The van der Waals surface area contributed by atoms with E-state index in [0.717, 1.165) is 50.3 Å². The molecule has 1 fully saturated rings. The molecule has 0 saturated carbocycles. The van der Waals surface area contributed by atoms with Crippen LogP contribution in [0.4, 0.5) is 11.6 Å². The third-order valence-corrected chi connectivity index (χ3v) is 7.01. The Kier molecular flexibility index (Phi) is 5.86. The molecule has 1 saturated heterocycles. The van der Waals surface area contributed by atoms with Crippen LogP contribution in [0.5, 0.6) is 0 Å². The lowest BCUT2D eigenvalue weighted by molar-refractivity contribution is 0.280. The van der Waals surface area contributed by atoms with Crippen LogP contribution in [0.1, 0.15) is 16.7 Å². The first-order valence-corrected chi connectivity index (χ1v) is 12.1. The second-order valence-corrected chi connectivity index (χ2v) is 9.32. The lowest BCUT2D eigenvalue weighted by Gasteiger charge is -2.35. The van der Waals surface area contributed by atoms with Crippen LogP contribution in [0.3, 0.4) is 0 Å². The summed E-state index contributed by atoms with van der Waals surface area (Å²) in [5.41, 5.74) is 6.11. The van der Waals surface area contributed by atoms with E-state index in [-0.39, 0.29) is 0 Å². The monoisotopic (exact) mass is 485 g/mol. The molecule has 10 nitrogen and oxygen atoms in total. The van der Waals surface area contributed by atoms with Gasteiger partial charge in [-0.3, -0.25) is 9.88 Å². The van der Waals surface area contributed by atoms with Crippen molar-refractivity contribution in [3.8, 4) is 0 Å². The van der Waals surface area contributed by atoms with Gasteiger partial charge in [0.25, 0.3) is 0 Å². The number of aromatic amines is 1. The van der Waals surface area contributed by atoms with Gasteiger partial charge in [-0.25, -0.2) is 14.8 Å². The molecule has 10 heteroatoms. The number of benzene rings is 2. The number of nitrogens with zero attached hydrogens (tertiary/aromatic N) is 5. The normalized spacial score (nSPS) is 17.0. The largest absolute Gasteiger partial charge is 0.417 e. The van der Waals surface area contributed by atoms with Crippen LogP contribution < -0.4 is 16.0 Å². The zero-order valence-electron chi connectivity index (χ0n) is 19.7. The van der Waals surface area contributed by atoms with Gasteiger partial charge in [0, 0.05) is 44.3 Å². The van der Waals surface area contributed by atoms with E-state index in [2.05, 4.69) is 59.5 Å². The van der Waals surface area contributed by atoms with Crippen molar-refractivity contribution in [1.29, 1.82) is 0 Å². The van der Waals surface area contributed by atoms with Crippen molar-refractivity contribution in [3.63, 3.8) is 0 Å². The SMILES string of the molecule is O=c1[nH]c2ccc(/C(CN3CCN(c4cnc(NC5Cc6ccccc6C5)nc4)CC3)=N\O)cc2o1. The lowest BCUT2D eigenvalue weighted by atomic mass is 10.1. The van der Waals surface area contributed by atoms with E-state index >= 15 is 0 Å². The maximum Gasteiger partial charge on any atom is 0.417 e. The average molecular weight is 486 g/mol. The van der Waals surface area contributed by atoms with Crippen LogP contribution in [0, 0.1) is 0 Å². The van der Waals surface area contributed by atoms with Crippen molar-refractivity contribution < 1.29 is 9.62 Å². The van der Waals surface area contributed by atoms with E-state index in [4.69, 9.17) is 4.42 Å². The molecule has 3 N–H and O–H groups in total. The van der Waals surface area contributed by atoms with Gasteiger partial charge in [-0.05, 0) is 36.1 Å². The predicted molar refractivity (Wildman–Crippen MR) is 137 cm³/mol. The van der Waals surface area contributed by atoms with Gasteiger partial charge in [-0.1, -0.05) is 35.5 Å². The summed E-state index contributed by atoms with van der Waals surface area (Å²) in [5, 5.41) is 16.6. The Bertz CT molecular complexity index is 1430. The Hall–Kier alpha value is -4.18. The van der Waals surface area contributed by atoms with Gasteiger partial charge in [-0.15, -0.1) is 0 Å². The number of hydrogen-bond acceptors (Lipinski definition) is 9. The van der Waals surface area contributed by atoms with Gasteiger partial charge >= 0.3 is 5.76 Å². The summed E-state index contributed by atoms with van der Waals surface area (Å²) in [5.74, 6) is 0.159. The maximum absolute atomic E-state index is 11.4.